The van der Waals surface area contributed by atoms with Crippen LogP contribution in [0.15, 0.2) is 22.6 Å². The molecule has 0 spiro atoms. The van der Waals surface area contributed by atoms with Crippen LogP contribution in [0.2, 0.25) is 0 Å². The van der Waals surface area contributed by atoms with E-state index in [0.29, 0.717) is 12.5 Å². The summed E-state index contributed by atoms with van der Waals surface area (Å²) < 4.78 is 10.3. The molecule has 1 aromatic carbocycles. The number of fused-ring (bicyclic) bond motifs is 1. The zero-order valence-electron chi connectivity index (χ0n) is 10.7. The summed E-state index contributed by atoms with van der Waals surface area (Å²) in [7, 11) is 0. The van der Waals surface area contributed by atoms with Crippen LogP contribution in [-0.4, -0.2) is 23.6 Å². The van der Waals surface area contributed by atoms with Gasteiger partial charge in [-0.05, 0) is 32.0 Å². The molecule has 1 aromatic heterocycles. The third-order valence-electron chi connectivity index (χ3n) is 2.52. The molecule has 96 valence electrons. The number of ether oxygens (including phenoxy) is 1. The Balaban J connectivity index is 2.13. The highest BCUT2D eigenvalue weighted by atomic mass is 16.5. The smallest absolute Gasteiger partial charge is 0.328 e. The van der Waals surface area contributed by atoms with Gasteiger partial charge < -0.3 is 14.5 Å². The summed E-state index contributed by atoms with van der Waals surface area (Å²) in [6.45, 7) is 5.73. The van der Waals surface area contributed by atoms with Gasteiger partial charge in [0, 0.05) is 12.6 Å². The van der Waals surface area contributed by atoms with Crippen molar-refractivity contribution in [1.82, 2.24) is 4.98 Å². The number of oxazole rings is 1. The SMILES string of the molecule is CCOC(=O)[C@H](C)Nc1ccc2oc(C)nc2c1. The molecule has 5 nitrogen and oxygen atoms in total. The van der Waals surface area contributed by atoms with Crippen molar-refractivity contribution in [3.63, 3.8) is 0 Å². The molecule has 0 unspecified atom stereocenters. The summed E-state index contributed by atoms with van der Waals surface area (Å²) in [4.78, 5) is 15.7. The maximum atomic E-state index is 11.5. The lowest BCUT2D eigenvalue weighted by Gasteiger charge is -2.13. The fraction of sp³-hybridized carbons (Fsp3) is 0.385. The van der Waals surface area contributed by atoms with E-state index in [1.54, 1.807) is 20.8 Å². The van der Waals surface area contributed by atoms with Crippen molar-refractivity contribution in [2.75, 3.05) is 11.9 Å². The Morgan fingerprint density at radius 1 is 1.56 bits per heavy atom. The molecule has 1 atom stereocenters. The van der Waals surface area contributed by atoms with E-state index in [9.17, 15) is 4.79 Å². The van der Waals surface area contributed by atoms with Crippen LogP contribution >= 0.6 is 0 Å². The number of hydrogen-bond donors (Lipinski definition) is 1. The van der Waals surface area contributed by atoms with E-state index in [-0.39, 0.29) is 5.97 Å². The molecule has 0 aliphatic rings. The van der Waals surface area contributed by atoms with Crippen LogP contribution in [0.3, 0.4) is 0 Å². The van der Waals surface area contributed by atoms with E-state index in [1.165, 1.54) is 0 Å². The van der Waals surface area contributed by atoms with Crippen molar-refractivity contribution >= 4 is 22.8 Å². The highest BCUT2D eigenvalue weighted by molar-refractivity contribution is 5.81. The second-order valence-electron chi connectivity index (χ2n) is 4.03. The number of carbonyl (C=O) groups excluding carboxylic acids is 1. The Morgan fingerprint density at radius 2 is 2.33 bits per heavy atom. The first-order valence-corrected chi connectivity index (χ1v) is 5.90. The fourth-order valence-corrected chi connectivity index (χ4v) is 1.71. The number of benzene rings is 1. The third-order valence-corrected chi connectivity index (χ3v) is 2.52. The Morgan fingerprint density at radius 3 is 3.06 bits per heavy atom. The minimum Gasteiger partial charge on any atom is -0.464 e. The van der Waals surface area contributed by atoms with Gasteiger partial charge in [0.2, 0.25) is 0 Å². The average molecular weight is 248 g/mol. The standard InChI is InChI=1S/C13H16N2O3/c1-4-17-13(16)8(2)14-10-5-6-12-11(7-10)15-9(3)18-12/h5-8,14H,4H2,1-3H3/t8-/m0/s1. The van der Waals surface area contributed by atoms with Gasteiger partial charge in [-0.25, -0.2) is 9.78 Å². The lowest BCUT2D eigenvalue weighted by molar-refractivity contribution is -0.143. The van der Waals surface area contributed by atoms with Crippen LogP contribution in [0.5, 0.6) is 0 Å². The normalized spacial score (nSPS) is 12.4. The van der Waals surface area contributed by atoms with Gasteiger partial charge in [-0.3, -0.25) is 0 Å². The van der Waals surface area contributed by atoms with Gasteiger partial charge in [0.05, 0.1) is 6.61 Å². The third kappa shape index (κ3) is 2.61. The van der Waals surface area contributed by atoms with Gasteiger partial charge in [0.25, 0.3) is 0 Å². The lowest BCUT2D eigenvalue weighted by atomic mass is 10.2. The molecule has 0 bridgehead atoms. The molecule has 1 heterocycles. The molecule has 0 aliphatic carbocycles. The molecule has 0 aliphatic heterocycles. The van der Waals surface area contributed by atoms with Gasteiger partial charge in [0.15, 0.2) is 11.5 Å². The van der Waals surface area contributed by atoms with Crippen molar-refractivity contribution in [2.24, 2.45) is 0 Å². The number of aromatic nitrogens is 1. The van der Waals surface area contributed by atoms with Gasteiger partial charge in [-0.2, -0.15) is 0 Å². The maximum Gasteiger partial charge on any atom is 0.328 e. The number of anilines is 1. The van der Waals surface area contributed by atoms with Crippen LogP contribution in [0, 0.1) is 6.92 Å². The zero-order valence-corrected chi connectivity index (χ0v) is 10.7. The first kappa shape index (κ1) is 12.4. The van der Waals surface area contributed by atoms with E-state index in [4.69, 9.17) is 9.15 Å². The predicted molar refractivity (Wildman–Crippen MR) is 68.5 cm³/mol. The zero-order chi connectivity index (χ0) is 13.1. The molecule has 2 rings (SSSR count). The molecular formula is C13H16N2O3. The van der Waals surface area contributed by atoms with E-state index >= 15 is 0 Å². The number of carbonyl (C=O) groups is 1. The van der Waals surface area contributed by atoms with Crippen LogP contribution in [0.25, 0.3) is 11.1 Å². The van der Waals surface area contributed by atoms with Gasteiger partial charge in [0.1, 0.15) is 11.6 Å². The monoisotopic (exact) mass is 248 g/mol. The number of aryl methyl sites for hydroxylation is 1. The van der Waals surface area contributed by atoms with Gasteiger partial charge in [-0.15, -0.1) is 0 Å². The minimum absolute atomic E-state index is 0.270. The molecule has 18 heavy (non-hydrogen) atoms. The Hall–Kier alpha value is -2.04. The summed E-state index contributed by atoms with van der Waals surface area (Å²) in [5, 5.41) is 3.07. The van der Waals surface area contributed by atoms with E-state index in [1.807, 2.05) is 18.2 Å². The maximum absolute atomic E-state index is 11.5. The Kier molecular flexibility index (Phi) is 3.50. The first-order valence-electron chi connectivity index (χ1n) is 5.90. The number of hydrogen-bond acceptors (Lipinski definition) is 5. The van der Waals surface area contributed by atoms with E-state index < -0.39 is 6.04 Å². The Labute approximate surface area is 105 Å². The van der Waals surface area contributed by atoms with Crippen molar-refractivity contribution in [2.45, 2.75) is 26.8 Å². The molecule has 0 radical (unpaired) electrons. The Bertz CT molecular complexity index is 562. The van der Waals surface area contributed by atoms with Crippen LogP contribution in [0.4, 0.5) is 5.69 Å². The second kappa shape index (κ2) is 5.08. The van der Waals surface area contributed by atoms with E-state index in [0.717, 1.165) is 16.8 Å². The summed E-state index contributed by atoms with van der Waals surface area (Å²) in [5.41, 5.74) is 2.33. The molecule has 0 saturated heterocycles. The topological polar surface area (TPSA) is 64.4 Å². The van der Waals surface area contributed by atoms with E-state index in [2.05, 4.69) is 10.3 Å². The molecule has 0 amide bonds. The van der Waals surface area contributed by atoms with Crippen molar-refractivity contribution < 1.29 is 13.9 Å². The lowest BCUT2D eigenvalue weighted by Crippen LogP contribution is -2.28. The summed E-state index contributed by atoms with van der Waals surface area (Å²) in [6, 6.07) is 5.13. The highest BCUT2D eigenvalue weighted by Gasteiger charge is 2.13. The molecule has 0 saturated carbocycles. The number of nitrogens with zero attached hydrogens (tertiary/aromatic N) is 1. The van der Waals surface area contributed by atoms with Crippen LogP contribution in [-0.2, 0) is 9.53 Å². The molecule has 0 fully saturated rings. The van der Waals surface area contributed by atoms with Crippen molar-refractivity contribution in [3.8, 4) is 0 Å². The molecule has 5 heteroatoms. The van der Waals surface area contributed by atoms with Crippen molar-refractivity contribution in [1.29, 1.82) is 0 Å². The second-order valence-corrected chi connectivity index (χ2v) is 4.03. The quantitative estimate of drug-likeness (QED) is 0.842. The van der Waals surface area contributed by atoms with Crippen LogP contribution < -0.4 is 5.32 Å². The molecule has 1 N–H and O–H groups in total. The summed E-state index contributed by atoms with van der Waals surface area (Å²) in [6.07, 6.45) is 0. The molecular weight excluding hydrogens is 232 g/mol. The highest BCUT2D eigenvalue weighted by Crippen LogP contribution is 2.20. The average Bonchev–Trinajstić information content (AvgIpc) is 2.68. The first-order chi connectivity index (χ1) is 8.60. The minimum atomic E-state index is -0.393. The number of nitrogens with one attached hydrogen (secondary N) is 1. The van der Waals surface area contributed by atoms with Crippen molar-refractivity contribution in [3.05, 3.63) is 24.1 Å². The molecule has 2 aromatic rings. The van der Waals surface area contributed by atoms with Crippen LogP contribution in [0.1, 0.15) is 19.7 Å². The predicted octanol–water partition coefficient (Wildman–Crippen LogP) is 2.50. The number of esters is 1. The largest absolute Gasteiger partial charge is 0.464 e. The van der Waals surface area contributed by atoms with Gasteiger partial charge >= 0.3 is 5.97 Å². The summed E-state index contributed by atoms with van der Waals surface area (Å²) in [5.74, 6) is 0.356. The summed E-state index contributed by atoms with van der Waals surface area (Å²) >= 11 is 0. The number of rotatable bonds is 4. The van der Waals surface area contributed by atoms with Gasteiger partial charge in [-0.1, -0.05) is 0 Å². The fourth-order valence-electron chi connectivity index (χ4n) is 1.71.